The van der Waals surface area contributed by atoms with Crippen molar-refractivity contribution in [3.8, 4) is 5.75 Å². The maximum Gasteiger partial charge on any atom is 0.409 e. The van der Waals surface area contributed by atoms with Crippen LogP contribution in [0.25, 0.3) is 0 Å². The number of amides is 2. The van der Waals surface area contributed by atoms with Crippen molar-refractivity contribution in [1.29, 1.82) is 0 Å². The molecule has 2 amide bonds. The molecule has 0 saturated carbocycles. The zero-order valence-corrected chi connectivity index (χ0v) is 17.6. The molecule has 0 aliphatic carbocycles. The fourth-order valence-corrected chi connectivity index (χ4v) is 4.08. The van der Waals surface area contributed by atoms with Crippen LogP contribution in [0.5, 0.6) is 5.75 Å². The first-order chi connectivity index (χ1) is 14.1. The molecule has 0 spiro atoms. The second kappa shape index (κ2) is 10.5. The Labute approximate surface area is 173 Å². The number of carbonyl (C=O) groups is 2. The summed E-state index contributed by atoms with van der Waals surface area (Å²) in [6.07, 6.45) is 1.51. The van der Waals surface area contributed by atoms with Gasteiger partial charge in [0.2, 0.25) is 5.91 Å². The molecular formula is C22H33N3O4. The van der Waals surface area contributed by atoms with Gasteiger partial charge in [0.25, 0.3) is 0 Å². The average molecular weight is 404 g/mol. The molecule has 160 valence electrons. The third-order valence-corrected chi connectivity index (χ3v) is 5.67. The second-order valence-corrected chi connectivity index (χ2v) is 7.64. The van der Waals surface area contributed by atoms with E-state index in [9.17, 15) is 9.59 Å². The van der Waals surface area contributed by atoms with E-state index < -0.39 is 0 Å². The first-order valence-electron chi connectivity index (χ1n) is 10.7. The quantitative estimate of drug-likeness (QED) is 0.731. The van der Waals surface area contributed by atoms with Crippen molar-refractivity contribution in [2.24, 2.45) is 5.92 Å². The standard InChI is InChI=1S/C22H33N3O4/c1-3-28-20-7-5-6-18(16-20)17-23-10-8-19(9-11-23)21(26)24-12-14-25(15-13-24)22(27)29-4-2/h5-7,16,19H,3-4,8-15,17H2,1-2H3. The van der Waals surface area contributed by atoms with Crippen LogP contribution in [0.1, 0.15) is 32.3 Å². The zero-order valence-electron chi connectivity index (χ0n) is 17.6. The van der Waals surface area contributed by atoms with Gasteiger partial charge in [-0.25, -0.2) is 4.79 Å². The van der Waals surface area contributed by atoms with Crippen LogP contribution in [0, 0.1) is 5.92 Å². The van der Waals surface area contributed by atoms with Crippen LogP contribution in [-0.2, 0) is 16.1 Å². The van der Waals surface area contributed by atoms with Crippen LogP contribution in [-0.4, -0.2) is 79.2 Å². The van der Waals surface area contributed by atoms with E-state index >= 15 is 0 Å². The van der Waals surface area contributed by atoms with E-state index in [0.29, 0.717) is 39.4 Å². The van der Waals surface area contributed by atoms with E-state index in [-0.39, 0.29) is 17.9 Å². The number of benzene rings is 1. The molecule has 7 nitrogen and oxygen atoms in total. The van der Waals surface area contributed by atoms with Gasteiger partial charge < -0.3 is 19.3 Å². The summed E-state index contributed by atoms with van der Waals surface area (Å²) in [6.45, 7) is 9.90. The van der Waals surface area contributed by atoms with Crippen LogP contribution in [0.2, 0.25) is 0 Å². The molecule has 0 atom stereocenters. The molecular weight excluding hydrogens is 370 g/mol. The highest BCUT2D eigenvalue weighted by Crippen LogP contribution is 2.23. The molecule has 1 aromatic carbocycles. The molecule has 0 aromatic heterocycles. The number of ether oxygens (including phenoxy) is 2. The molecule has 2 fully saturated rings. The Morgan fingerprint density at radius 1 is 0.966 bits per heavy atom. The van der Waals surface area contributed by atoms with Crippen LogP contribution in [0.3, 0.4) is 0 Å². The van der Waals surface area contributed by atoms with Gasteiger partial charge >= 0.3 is 6.09 Å². The highest BCUT2D eigenvalue weighted by Gasteiger charge is 2.31. The van der Waals surface area contributed by atoms with Crippen LogP contribution >= 0.6 is 0 Å². The SMILES string of the molecule is CCOC(=O)N1CCN(C(=O)C2CCN(Cc3cccc(OCC)c3)CC2)CC1. The molecule has 3 rings (SSSR count). The van der Waals surface area contributed by atoms with E-state index in [1.54, 1.807) is 11.8 Å². The van der Waals surface area contributed by atoms with Crippen molar-refractivity contribution >= 4 is 12.0 Å². The lowest BCUT2D eigenvalue weighted by molar-refractivity contribution is -0.138. The predicted octanol–water partition coefficient (Wildman–Crippen LogP) is 2.60. The Morgan fingerprint density at radius 2 is 1.66 bits per heavy atom. The number of hydrogen-bond acceptors (Lipinski definition) is 5. The van der Waals surface area contributed by atoms with Gasteiger partial charge in [-0.15, -0.1) is 0 Å². The molecule has 0 bridgehead atoms. The lowest BCUT2D eigenvalue weighted by Gasteiger charge is -2.38. The Kier molecular flexibility index (Phi) is 7.75. The summed E-state index contributed by atoms with van der Waals surface area (Å²) in [5.74, 6) is 1.25. The Bertz CT molecular complexity index is 680. The monoisotopic (exact) mass is 403 g/mol. The molecule has 0 N–H and O–H groups in total. The molecule has 29 heavy (non-hydrogen) atoms. The fraction of sp³-hybridized carbons (Fsp3) is 0.636. The Balaban J connectivity index is 1.43. The van der Waals surface area contributed by atoms with Gasteiger partial charge in [-0.1, -0.05) is 12.1 Å². The van der Waals surface area contributed by atoms with Gasteiger partial charge in [0.1, 0.15) is 5.75 Å². The number of hydrogen-bond donors (Lipinski definition) is 0. The summed E-state index contributed by atoms with van der Waals surface area (Å²) in [4.78, 5) is 30.7. The van der Waals surface area contributed by atoms with E-state index in [4.69, 9.17) is 9.47 Å². The molecule has 1 aromatic rings. The highest BCUT2D eigenvalue weighted by atomic mass is 16.6. The summed E-state index contributed by atoms with van der Waals surface area (Å²) in [5, 5.41) is 0. The third-order valence-electron chi connectivity index (χ3n) is 5.67. The topological polar surface area (TPSA) is 62.3 Å². The largest absolute Gasteiger partial charge is 0.494 e. The van der Waals surface area contributed by atoms with Gasteiger partial charge in [0.15, 0.2) is 0 Å². The number of rotatable bonds is 6. The first kappa shape index (κ1) is 21.4. The summed E-state index contributed by atoms with van der Waals surface area (Å²) in [5.41, 5.74) is 1.25. The Hall–Kier alpha value is -2.28. The second-order valence-electron chi connectivity index (χ2n) is 7.64. The van der Waals surface area contributed by atoms with Gasteiger partial charge in [-0.2, -0.15) is 0 Å². The van der Waals surface area contributed by atoms with E-state index in [2.05, 4.69) is 17.0 Å². The normalized spacial score (nSPS) is 18.6. The number of piperidine rings is 1. The lowest BCUT2D eigenvalue weighted by Crippen LogP contribution is -2.53. The van der Waals surface area contributed by atoms with Crippen molar-refractivity contribution in [2.75, 3.05) is 52.5 Å². The summed E-state index contributed by atoms with van der Waals surface area (Å²) < 4.78 is 10.6. The number of likely N-dealkylation sites (tertiary alicyclic amines) is 1. The smallest absolute Gasteiger partial charge is 0.409 e. The number of piperazine rings is 1. The zero-order chi connectivity index (χ0) is 20.6. The maximum absolute atomic E-state index is 12.9. The predicted molar refractivity (Wildman–Crippen MR) is 111 cm³/mol. The number of nitrogens with zero attached hydrogens (tertiary/aromatic N) is 3. The van der Waals surface area contributed by atoms with Crippen LogP contribution < -0.4 is 4.74 Å². The van der Waals surface area contributed by atoms with Crippen molar-refractivity contribution < 1.29 is 19.1 Å². The molecule has 2 aliphatic rings. The van der Waals surface area contributed by atoms with Gasteiger partial charge in [0.05, 0.1) is 13.2 Å². The van der Waals surface area contributed by atoms with E-state index in [0.717, 1.165) is 38.2 Å². The van der Waals surface area contributed by atoms with Gasteiger partial charge in [-0.05, 0) is 57.5 Å². The molecule has 0 unspecified atom stereocenters. The van der Waals surface area contributed by atoms with Crippen LogP contribution in [0.4, 0.5) is 4.79 Å². The summed E-state index contributed by atoms with van der Waals surface area (Å²) >= 11 is 0. The van der Waals surface area contributed by atoms with Gasteiger partial charge in [0, 0.05) is 38.6 Å². The molecule has 7 heteroatoms. The van der Waals surface area contributed by atoms with Crippen molar-refractivity contribution in [3.05, 3.63) is 29.8 Å². The van der Waals surface area contributed by atoms with E-state index in [1.807, 2.05) is 24.0 Å². The van der Waals surface area contributed by atoms with Crippen molar-refractivity contribution in [2.45, 2.75) is 33.2 Å². The average Bonchev–Trinajstić information content (AvgIpc) is 2.75. The lowest BCUT2D eigenvalue weighted by atomic mass is 9.94. The number of carbonyl (C=O) groups excluding carboxylic acids is 2. The molecule has 2 saturated heterocycles. The van der Waals surface area contributed by atoms with E-state index in [1.165, 1.54) is 5.56 Å². The highest BCUT2D eigenvalue weighted by molar-refractivity contribution is 5.79. The maximum atomic E-state index is 12.9. The molecule has 0 radical (unpaired) electrons. The first-order valence-corrected chi connectivity index (χ1v) is 10.7. The minimum absolute atomic E-state index is 0.0927. The minimum atomic E-state index is -0.277. The summed E-state index contributed by atoms with van der Waals surface area (Å²) in [6, 6.07) is 8.25. The fourth-order valence-electron chi connectivity index (χ4n) is 4.08. The third kappa shape index (κ3) is 5.85. The minimum Gasteiger partial charge on any atom is -0.494 e. The van der Waals surface area contributed by atoms with Crippen molar-refractivity contribution in [3.63, 3.8) is 0 Å². The Morgan fingerprint density at radius 3 is 2.31 bits per heavy atom. The van der Waals surface area contributed by atoms with Gasteiger partial charge in [-0.3, -0.25) is 9.69 Å². The summed E-state index contributed by atoms with van der Waals surface area (Å²) in [7, 11) is 0. The molecule has 2 heterocycles. The van der Waals surface area contributed by atoms with Crippen LogP contribution in [0.15, 0.2) is 24.3 Å². The van der Waals surface area contributed by atoms with Crippen molar-refractivity contribution in [1.82, 2.24) is 14.7 Å². The molecule has 2 aliphatic heterocycles.